The predicted octanol–water partition coefficient (Wildman–Crippen LogP) is 3.30. The fourth-order valence-corrected chi connectivity index (χ4v) is 3.34. The Morgan fingerprint density at radius 2 is 2.00 bits per heavy atom. The van der Waals surface area contributed by atoms with Gasteiger partial charge < -0.3 is 18.9 Å². The van der Waals surface area contributed by atoms with E-state index in [2.05, 4.69) is 0 Å². The van der Waals surface area contributed by atoms with E-state index in [1.54, 1.807) is 0 Å². The quantitative estimate of drug-likeness (QED) is 0.768. The summed E-state index contributed by atoms with van der Waals surface area (Å²) in [7, 11) is 0. The summed E-state index contributed by atoms with van der Waals surface area (Å²) in [6, 6.07) is 8.55. The maximum atomic E-state index is 13.7. The molecule has 0 atom stereocenters. The Labute approximate surface area is 150 Å². The first-order valence-electron chi connectivity index (χ1n) is 8.61. The summed E-state index contributed by atoms with van der Waals surface area (Å²) in [5.41, 5.74) is 3.72. The molecule has 0 bridgehead atoms. The van der Waals surface area contributed by atoms with Gasteiger partial charge in [-0.15, -0.1) is 0 Å². The fraction of sp³-hybridized carbons (Fsp3) is 0.350. The van der Waals surface area contributed by atoms with Crippen LogP contribution in [0.15, 0.2) is 30.3 Å². The number of hydrogen-bond donors (Lipinski definition) is 0. The summed E-state index contributed by atoms with van der Waals surface area (Å²) in [6.07, 6.45) is 3.31. The first-order chi connectivity index (χ1) is 12.7. The molecule has 0 saturated carbocycles. The van der Waals surface area contributed by atoms with E-state index in [4.69, 9.17) is 18.9 Å². The van der Waals surface area contributed by atoms with Gasteiger partial charge in [-0.3, -0.25) is 0 Å². The van der Waals surface area contributed by atoms with Crippen molar-refractivity contribution >= 4 is 5.97 Å². The van der Waals surface area contributed by atoms with Crippen molar-refractivity contribution in [3.8, 4) is 11.5 Å². The molecule has 4 rings (SSSR count). The van der Waals surface area contributed by atoms with Gasteiger partial charge in [-0.25, -0.2) is 9.18 Å². The third kappa shape index (κ3) is 3.65. The second-order valence-corrected chi connectivity index (χ2v) is 6.40. The molecule has 1 aliphatic heterocycles. The Kier molecular flexibility index (Phi) is 4.75. The van der Waals surface area contributed by atoms with E-state index in [-0.39, 0.29) is 26.6 Å². The molecule has 0 N–H and O–H groups in total. The topological polar surface area (TPSA) is 54.0 Å². The highest BCUT2D eigenvalue weighted by atomic mass is 19.1. The van der Waals surface area contributed by atoms with E-state index in [0.29, 0.717) is 22.6 Å². The SMILES string of the molecule is O=C(COc1ccc2c(c1)CCC2)OCc1cc(F)cc2c1OCOC2. The van der Waals surface area contributed by atoms with Gasteiger partial charge in [-0.05, 0) is 54.7 Å². The van der Waals surface area contributed by atoms with Gasteiger partial charge in [0.2, 0.25) is 0 Å². The minimum absolute atomic E-state index is 0.0769. The zero-order valence-corrected chi connectivity index (χ0v) is 14.3. The number of halogens is 1. The number of rotatable bonds is 5. The van der Waals surface area contributed by atoms with Crippen LogP contribution in [0.4, 0.5) is 4.39 Å². The average Bonchev–Trinajstić information content (AvgIpc) is 3.12. The lowest BCUT2D eigenvalue weighted by Crippen LogP contribution is -2.17. The molecule has 2 aliphatic rings. The Balaban J connectivity index is 1.34. The molecule has 6 heteroatoms. The summed E-state index contributed by atoms with van der Waals surface area (Å²) in [5.74, 6) is 0.241. The Bertz CT molecular complexity index is 833. The van der Waals surface area contributed by atoms with Crippen LogP contribution in [0, 0.1) is 5.82 Å². The van der Waals surface area contributed by atoms with Crippen LogP contribution in [0.2, 0.25) is 0 Å². The highest BCUT2D eigenvalue weighted by Gasteiger charge is 2.18. The van der Waals surface area contributed by atoms with Crippen molar-refractivity contribution in [3.05, 3.63) is 58.4 Å². The van der Waals surface area contributed by atoms with Crippen molar-refractivity contribution < 1.29 is 28.1 Å². The number of fused-ring (bicyclic) bond motifs is 2. The molecular formula is C20H19FO5. The summed E-state index contributed by atoms with van der Waals surface area (Å²) in [6.45, 7) is 0.100. The summed E-state index contributed by atoms with van der Waals surface area (Å²) in [5, 5.41) is 0. The molecule has 1 heterocycles. The number of esters is 1. The van der Waals surface area contributed by atoms with E-state index >= 15 is 0 Å². The van der Waals surface area contributed by atoms with E-state index in [1.165, 1.54) is 23.3 Å². The van der Waals surface area contributed by atoms with Gasteiger partial charge in [0, 0.05) is 11.1 Å². The lowest BCUT2D eigenvalue weighted by molar-refractivity contribution is -0.147. The van der Waals surface area contributed by atoms with Crippen molar-refractivity contribution in [3.63, 3.8) is 0 Å². The van der Waals surface area contributed by atoms with E-state index in [9.17, 15) is 9.18 Å². The van der Waals surface area contributed by atoms with E-state index in [1.807, 2.05) is 18.2 Å². The molecule has 0 spiro atoms. The normalized spacial score (nSPS) is 15.0. The largest absolute Gasteiger partial charge is 0.482 e. The van der Waals surface area contributed by atoms with Gasteiger partial charge >= 0.3 is 5.97 Å². The van der Waals surface area contributed by atoms with Gasteiger partial charge in [-0.1, -0.05) is 6.07 Å². The monoisotopic (exact) mass is 358 g/mol. The molecule has 26 heavy (non-hydrogen) atoms. The van der Waals surface area contributed by atoms with Crippen LogP contribution in [0.3, 0.4) is 0 Å². The minimum atomic E-state index is -0.518. The first-order valence-corrected chi connectivity index (χ1v) is 8.61. The lowest BCUT2D eigenvalue weighted by Gasteiger charge is -2.20. The fourth-order valence-electron chi connectivity index (χ4n) is 3.34. The van der Waals surface area contributed by atoms with Crippen molar-refractivity contribution in [1.29, 1.82) is 0 Å². The smallest absolute Gasteiger partial charge is 0.344 e. The molecule has 0 radical (unpaired) electrons. The Morgan fingerprint density at radius 1 is 1.12 bits per heavy atom. The summed E-state index contributed by atoms with van der Waals surface area (Å²) < 4.78 is 34.9. The summed E-state index contributed by atoms with van der Waals surface area (Å²) in [4.78, 5) is 12.0. The van der Waals surface area contributed by atoms with Crippen molar-refractivity contribution in [2.75, 3.05) is 13.4 Å². The number of benzene rings is 2. The van der Waals surface area contributed by atoms with Gasteiger partial charge in [0.25, 0.3) is 0 Å². The second-order valence-electron chi connectivity index (χ2n) is 6.40. The van der Waals surface area contributed by atoms with Gasteiger partial charge in [0.15, 0.2) is 13.4 Å². The molecule has 5 nitrogen and oxygen atoms in total. The minimum Gasteiger partial charge on any atom is -0.482 e. The maximum absolute atomic E-state index is 13.7. The number of carbonyl (C=O) groups excluding carboxylic acids is 1. The summed E-state index contributed by atoms with van der Waals surface area (Å²) >= 11 is 0. The second kappa shape index (κ2) is 7.33. The van der Waals surface area contributed by atoms with Crippen LogP contribution in [-0.2, 0) is 40.3 Å². The molecule has 2 aromatic rings. The molecule has 0 fully saturated rings. The van der Waals surface area contributed by atoms with Crippen LogP contribution in [0.25, 0.3) is 0 Å². The van der Waals surface area contributed by atoms with Gasteiger partial charge in [-0.2, -0.15) is 0 Å². The molecule has 136 valence electrons. The number of carbonyl (C=O) groups is 1. The van der Waals surface area contributed by atoms with Crippen LogP contribution in [-0.4, -0.2) is 19.4 Å². The molecule has 0 aromatic heterocycles. The van der Waals surface area contributed by atoms with Gasteiger partial charge in [0.05, 0.1) is 6.61 Å². The third-order valence-corrected chi connectivity index (χ3v) is 4.57. The van der Waals surface area contributed by atoms with E-state index < -0.39 is 11.8 Å². The highest BCUT2D eigenvalue weighted by molar-refractivity contribution is 5.71. The molecule has 0 unspecified atom stereocenters. The standard InChI is InChI=1S/C20H19FO5/c21-17-6-15-9-23-12-26-20(15)16(7-17)10-25-19(22)11-24-18-5-4-13-2-1-3-14(13)8-18/h4-8H,1-3,9-12H2. The molecule has 0 saturated heterocycles. The average molecular weight is 358 g/mol. The number of aryl methyl sites for hydroxylation is 2. The van der Waals surface area contributed by atoms with Gasteiger partial charge in [0.1, 0.15) is 23.9 Å². The Morgan fingerprint density at radius 3 is 2.92 bits per heavy atom. The van der Waals surface area contributed by atoms with Crippen LogP contribution < -0.4 is 9.47 Å². The highest BCUT2D eigenvalue weighted by Crippen LogP contribution is 2.30. The molecule has 0 amide bonds. The van der Waals surface area contributed by atoms with Crippen LogP contribution in [0.1, 0.15) is 28.7 Å². The third-order valence-electron chi connectivity index (χ3n) is 4.57. The Hall–Kier alpha value is -2.60. The number of ether oxygens (including phenoxy) is 4. The zero-order chi connectivity index (χ0) is 17.9. The molecule has 1 aliphatic carbocycles. The molecular weight excluding hydrogens is 339 g/mol. The first kappa shape index (κ1) is 16.8. The van der Waals surface area contributed by atoms with Crippen molar-refractivity contribution in [1.82, 2.24) is 0 Å². The van der Waals surface area contributed by atoms with Crippen LogP contribution in [0.5, 0.6) is 11.5 Å². The van der Waals surface area contributed by atoms with Crippen LogP contribution >= 0.6 is 0 Å². The molecule has 2 aromatic carbocycles. The van der Waals surface area contributed by atoms with Crippen molar-refractivity contribution in [2.45, 2.75) is 32.5 Å². The van der Waals surface area contributed by atoms with E-state index in [0.717, 1.165) is 19.3 Å². The lowest BCUT2D eigenvalue weighted by atomic mass is 10.1. The van der Waals surface area contributed by atoms with Crippen molar-refractivity contribution in [2.24, 2.45) is 0 Å². The number of hydrogen-bond acceptors (Lipinski definition) is 5. The maximum Gasteiger partial charge on any atom is 0.344 e. The zero-order valence-electron chi connectivity index (χ0n) is 14.3. The predicted molar refractivity (Wildman–Crippen MR) is 90.4 cm³/mol.